The van der Waals surface area contributed by atoms with Crippen molar-refractivity contribution in [2.75, 3.05) is 0 Å². The molecule has 0 bridgehead atoms. The quantitative estimate of drug-likeness (QED) is 0.350. The molecule has 3 nitrogen and oxygen atoms in total. The molecule has 6 N–H and O–H groups in total. The van der Waals surface area contributed by atoms with Gasteiger partial charge in [0.05, 0.1) is 0 Å². The topological polar surface area (TPSA) is 94.5 Å². The van der Waals surface area contributed by atoms with E-state index in [1.165, 1.54) is 0 Å². The molecular formula is H6BInO3. The van der Waals surface area contributed by atoms with Gasteiger partial charge in [-0.2, -0.15) is 0 Å². The SMILES string of the molecule is O.O.O.[B].[In]. The summed E-state index contributed by atoms with van der Waals surface area (Å²) in [4.78, 5) is 0. The number of hydrogen-bond acceptors (Lipinski definition) is 0. The van der Waals surface area contributed by atoms with Gasteiger partial charge < -0.3 is 16.4 Å². The van der Waals surface area contributed by atoms with Gasteiger partial charge in [-0.25, -0.2) is 0 Å². The molecule has 0 aromatic heterocycles. The first-order valence-corrected chi connectivity index (χ1v) is 0. The molecule has 0 amide bonds. The van der Waals surface area contributed by atoms with Gasteiger partial charge in [0, 0.05) is 34.3 Å². The monoisotopic (exact) mass is 180 g/mol. The zero-order valence-corrected chi connectivity index (χ0v) is 5.95. The van der Waals surface area contributed by atoms with Crippen molar-refractivity contribution in [3.63, 3.8) is 0 Å². The summed E-state index contributed by atoms with van der Waals surface area (Å²) in [6.07, 6.45) is 0. The van der Waals surface area contributed by atoms with Gasteiger partial charge in [-0.3, -0.25) is 0 Å². The van der Waals surface area contributed by atoms with Crippen LogP contribution in [0.3, 0.4) is 0 Å². The maximum Gasteiger partial charge on any atom is 0 e. The summed E-state index contributed by atoms with van der Waals surface area (Å²) >= 11 is 0. The van der Waals surface area contributed by atoms with Gasteiger partial charge in [0.2, 0.25) is 0 Å². The van der Waals surface area contributed by atoms with Crippen LogP contribution in [0.4, 0.5) is 0 Å². The minimum atomic E-state index is 0. The van der Waals surface area contributed by atoms with E-state index in [2.05, 4.69) is 0 Å². The molecule has 0 aliphatic heterocycles. The Kier molecular flexibility index (Phi) is 4280. The van der Waals surface area contributed by atoms with Gasteiger partial charge in [-0.05, 0) is 0 Å². The van der Waals surface area contributed by atoms with E-state index < -0.39 is 0 Å². The van der Waals surface area contributed by atoms with Gasteiger partial charge in [0.1, 0.15) is 0 Å². The Bertz CT molecular complexity index is 6.85. The van der Waals surface area contributed by atoms with Crippen molar-refractivity contribution in [3.05, 3.63) is 0 Å². The molecule has 0 unspecified atom stereocenters. The maximum atomic E-state index is 0. The summed E-state index contributed by atoms with van der Waals surface area (Å²) in [6.45, 7) is 0. The molecule has 30 valence electrons. The van der Waals surface area contributed by atoms with Crippen LogP contribution in [0.1, 0.15) is 0 Å². The van der Waals surface area contributed by atoms with E-state index in [0.717, 1.165) is 0 Å². The molecule has 0 aromatic rings. The first-order valence-electron chi connectivity index (χ1n) is 0. The second-order valence-electron chi connectivity index (χ2n) is 0. The normalized spacial score (nSPS) is 0. The molecule has 5 heteroatoms. The fourth-order valence-corrected chi connectivity index (χ4v) is 0. The van der Waals surface area contributed by atoms with E-state index in [-0.39, 0.29) is 50.7 Å². The summed E-state index contributed by atoms with van der Waals surface area (Å²) in [7, 11) is 0. The minimum absolute atomic E-state index is 0. The van der Waals surface area contributed by atoms with E-state index in [9.17, 15) is 0 Å². The predicted octanol–water partition coefficient (Wildman–Crippen LogP) is -3.24. The van der Waals surface area contributed by atoms with Crippen molar-refractivity contribution in [1.29, 1.82) is 0 Å². The summed E-state index contributed by atoms with van der Waals surface area (Å²) in [5.74, 6) is 0. The molecule has 0 atom stereocenters. The smallest absolute Gasteiger partial charge is 0 e. The Morgan fingerprint density at radius 1 is 0.600 bits per heavy atom. The standard InChI is InChI=1S/B.In.3H2O/h;;3*1H2. The summed E-state index contributed by atoms with van der Waals surface area (Å²) in [5, 5.41) is 0. The Morgan fingerprint density at radius 2 is 0.600 bits per heavy atom. The second kappa shape index (κ2) is 105. The molecular weight excluding hydrogens is 174 g/mol. The zero-order valence-electron chi connectivity index (χ0n) is 2.65. The average molecular weight is 180 g/mol. The predicted molar refractivity (Wildman–Crippen MR) is 22.3 cm³/mol. The molecule has 0 aromatic carbocycles. The summed E-state index contributed by atoms with van der Waals surface area (Å²) in [6, 6.07) is 0. The third kappa shape index (κ3) is 57.4. The van der Waals surface area contributed by atoms with E-state index in [4.69, 9.17) is 0 Å². The second-order valence-corrected chi connectivity index (χ2v) is 0. The van der Waals surface area contributed by atoms with Gasteiger partial charge in [-0.15, -0.1) is 0 Å². The van der Waals surface area contributed by atoms with Crippen LogP contribution in [0.15, 0.2) is 0 Å². The summed E-state index contributed by atoms with van der Waals surface area (Å²) in [5.41, 5.74) is 0. The van der Waals surface area contributed by atoms with Crippen LogP contribution >= 0.6 is 0 Å². The Balaban J connectivity index is 0. The van der Waals surface area contributed by atoms with Crippen LogP contribution < -0.4 is 0 Å². The third-order valence-corrected chi connectivity index (χ3v) is 0. The Hall–Kier alpha value is 0.815. The number of rotatable bonds is 0. The molecule has 6 radical (unpaired) electrons. The Labute approximate surface area is 51.0 Å². The Morgan fingerprint density at radius 3 is 0.600 bits per heavy atom. The van der Waals surface area contributed by atoms with E-state index >= 15 is 0 Å². The van der Waals surface area contributed by atoms with E-state index in [0.29, 0.717) is 0 Å². The fraction of sp³-hybridized carbons (Fsp3) is 0. The van der Waals surface area contributed by atoms with E-state index in [1.807, 2.05) is 0 Å². The van der Waals surface area contributed by atoms with Crippen molar-refractivity contribution in [2.24, 2.45) is 0 Å². The van der Waals surface area contributed by atoms with Crippen molar-refractivity contribution in [2.45, 2.75) is 0 Å². The van der Waals surface area contributed by atoms with Gasteiger partial charge in [0.25, 0.3) is 0 Å². The average Bonchev–Trinajstić information content (AvgIpc) is 0. The van der Waals surface area contributed by atoms with Crippen molar-refractivity contribution in [3.8, 4) is 0 Å². The van der Waals surface area contributed by atoms with Crippen LogP contribution in [0.25, 0.3) is 0 Å². The molecule has 0 heterocycles. The molecule has 0 saturated heterocycles. The van der Waals surface area contributed by atoms with Crippen LogP contribution in [-0.4, -0.2) is 50.7 Å². The van der Waals surface area contributed by atoms with Crippen molar-refractivity contribution >= 4 is 34.3 Å². The van der Waals surface area contributed by atoms with Gasteiger partial charge >= 0.3 is 0 Å². The molecule has 0 spiro atoms. The van der Waals surface area contributed by atoms with Crippen LogP contribution in [0, 0.1) is 0 Å². The first-order chi connectivity index (χ1) is 0. The zero-order chi connectivity index (χ0) is 0. The van der Waals surface area contributed by atoms with Gasteiger partial charge in [-0.1, -0.05) is 0 Å². The van der Waals surface area contributed by atoms with Crippen molar-refractivity contribution in [1.82, 2.24) is 0 Å². The van der Waals surface area contributed by atoms with Gasteiger partial charge in [0.15, 0.2) is 0 Å². The minimum Gasteiger partial charge on any atom is -0.412 e. The molecule has 0 aliphatic carbocycles. The largest absolute Gasteiger partial charge is 0.412 e. The molecule has 0 aliphatic rings. The molecule has 5 heavy (non-hydrogen) atoms. The molecule has 0 fully saturated rings. The summed E-state index contributed by atoms with van der Waals surface area (Å²) < 4.78 is 0. The molecule has 0 rings (SSSR count). The van der Waals surface area contributed by atoms with Crippen LogP contribution in [0.5, 0.6) is 0 Å². The first kappa shape index (κ1) is 203. The fourth-order valence-electron chi connectivity index (χ4n) is 0. The maximum absolute atomic E-state index is 0. The molecule has 0 saturated carbocycles. The van der Waals surface area contributed by atoms with E-state index in [1.54, 1.807) is 0 Å². The van der Waals surface area contributed by atoms with Crippen molar-refractivity contribution < 1.29 is 16.4 Å². The van der Waals surface area contributed by atoms with Crippen LogP contribution in [-0.2, 0) is 0 Å². The number of hydrogen-bond donors (Lipinski definition) is 0. The van der Waals surface area contributed by atoms with Crippen LogP contribution in [0.2, 0.25) is 0 Å². The third-order valence-electron chi connectivity index (χ3n) is 0.